The Morgan fingerprint density at radius 1 is 1.19 bits per heavy atom. The molecule has 0 saturated heterocycles. The molecular weight excluding hydrogens is 241 g/mol. The van der Waals surface area contributed by atoms with Gasteiger partial charge in [0, 0.05) is 10.6 Å². The van der Waals surface area contributed by atoms with E-state index < -0.39 is 11.6 Å². The molecule has 0 fully saturated rings. The minimum Gasteiger partial charge on any atom is -0.496 e. The number of methoxy groups -OCH3 is 1. The zero-order chi connectivity index (χ0) is 12.6. The Balaban J connectivity index is 3.43. The smallest absolute Gasteiger partial charge is 0.398 e. The Bertz CT molecular complexity index is 385. The first-order valence-corrected chi connectivity index (χ1v) is 4.99. The van der Waals surface area contributed by atoms with E-state index in [-0.39, 0.29) is 16.3 Å². The average molecular weight is 253 g/mol. The van der Waals surface area contributed by atoms with Crippen molar-refractivity contribution < 1.29 is 17.9 Å². The summed E-state index contributed by atoms with van der Waals surface area (Å²) >= 11 is 5.82. The lowest BCUT2D eigenvalue weighted by atomic mass is 9.83. The van der Waals surface area contributed by atoms with Gasteiger partial charge in [0.25, 0.3) is 0 Å². The summed E-state index contributed by atoms with van der Waals surface area (Å²) in [7, 11) is 1.32. The summed E-state index contributed by atoms with van der Waals surface area (Å²) in [5.74, 6) is 0.148. The first-order valence-electron chi connectivity index (χ1n) is 4.61. The molecule has 90 valence electrons. The minimum atomic E-state index is -4.38. The van der Waals surface area contributed by atoms with Crippen LogP contribution in [-0.4, -0.2) is 13.3 Å². The third-order valence-corrected chi connectivity index (χ3v) is 2.84. The minimum absolute atomic E-state index is 0.0355. The molecule has 0 aliphatic rings. The van der Waals surface area contributed by atoms with Crippen LogP contribution in [0.15, 0.2) is 18.2 Å². The number of alkyl halides is 3. The lowest BCUT2D eigenvalue weighted by Gasteiger charge is -2.30. The van der Waals surface area contributed by atoms with Crippen molar-refractivity contribution in [3.05, 3.63) is 28.8 Å². The maximum absolute atomic E-state index is 12.9. The lowest BCUT2D eigenvalue weighted by molar-refractivity contribution is -0.180. The van der Waals surface area contributed by atoms with Crippen LogP contribution < -0.4 is 4.74 Å². The predicted molar refractivity (Wildman–Crippen MR) is 57.1 cm³/mol. The van der Waals surface area contributed by atoms with Crippen molar-refractivity contribution in [2.45, 2.75) is 25.4 Å². The van der Waals surface area contributed by atoms with Gasteiger partial charge in [0.1, 0.15) is 5.75 Å². The van der Waals surface area contributed by atoms with Crippen molar-refractivity contribution in [1.29, 1.82) is 0 Å². The standard InChI is InChI=1S/C11H12ClF3O/c1-10(2,11(13,14)15)9-7(12)5-4-6-8(9)16-3/h4-6H,1-3H3. The zero-order valence-electron chi connectivity index (χ0n) is 9.15. The summed E-state index contributed by atoms with van der Waals surface area (Å²) in [5.41, 5.74) is -2.08. The monoisotopic (exact) mass is 252 g/mol. The maximum atomic E-state index is 12.9. The molecule has 0 amide bonds. The van der Waals surface area contributed by atoms with Crippen molar-refractivity contribution in [1.82, 2.24) is 0 Å². The van der Waals surface area contributed by atoms with E-state index >= 15 is 0 Å². The highest BCUT2D eigenvalue weighted by Crippen LogP contribution is 2.46. The Kier molecular flexibility index (Phi) is 3.43. The van der Waals surface area contributed by atoms with E-state index in [1.165, 1.54) is 19.2 Å². The molecule has 0 aliphatic heterocycles. The number of benzene rings is 1. The average Bonchev–Trinajstić information content (AvgIpc) is 2.15. The van der Waals surface area contributed by atoms with Gasteiger partial charge in [-0.2, -0.15) is 13.2 Å². The summed E-state index contributed by atoms with van der Waals surface area (Å²) in [6.07, 6.45) is -4.38. The van der Waals surface area contributed by atoms with Gasteiger partial charge in [0.2, 0.25) is 0 Å². The molecule has 5 heteroatoms. The van der Waals surface area contributed by atoms with Crippen LogP contribution in [0.3, 0.4) is 0 Å². The number of hydrogen-bond donors (Lipinski definition) is 0. The predicted octanol–water partition coefficient (Wildman–Crippen LogP) is 4.19. The molecule has 0 radical (unpaired) electrons. The van der Waals surface area contributed by atoms with E-state index in [1.54, 1.807) is 6.07 Å². The SMILES string of the molecule is COc1cccc(Cl)c1C(C)(C)C(F)(F)F. The molecule has 0 heterocycles. The molecule has 0 spiro atoms. The first kappa shape index (κ1) is 13.2. The van der Waals surface area contributed by atoms with E-state index in [4.69, 9.17) is 16.3 Å². The maximum Gasteiger partial charge on any atom is 0.398 e. The van der Waals surface area contributed by atoms with Crippen molar-refractivity contribution in [3.8, 4) is 5.75 Å². The van der Waals surface area contributed by atoms with Gasteiger partial charge >= 0.3 is 6.18 Å². The number of ether oxygens (including phenoxy) is 1. The van der Waals surface area contributed by atoms with E-state index in [0.717, 1.165) is 13.8 Å². The number of halogens is 4. The summed E-state index contributed by atoms with van der Waals surface area (Å²) in [6.45, 7) is 2.16. The van der Waals surface area contributed by atoms with Crippen molar-refractivity contribution >= 4 is 11.6 Å². The van der Waals surface area contributed by atoms with Gasteiger partial charge < -0.3 is 4.74 Å². The van der Waals surface area contributed by atoms with Gasteiger partial charge in [-0.15, -0.1) is 0 Å². The van der Waals surface area contributed by atoms with Crippen LogP contribution >= 0.6 is 11.6 Å². The molecule has 1 nitrogen and oxygen atoms in total. The number of rotatable bonds is 2. The van der Waals surface area contributed by atoms with Crippen LogP contribution in [0.2, 0.25) is 5.02 Å². The third kappa shape index (κ3) is 2.12. The summed E-state index contributed by atoms with van der Waals surface area (Å²) in [4.78, 5) is 0. The second kappa shape index (κ2) is 4.17. The van der Waals surface area contributed by atoms with Crippen molar-refractivity contribution in [2.24, 2.45) is 0 Å². The summed E-state index contributed by atoms with van der Waals surface area (Å²) < 4.78 is 43.6. The van der Waals surface area contributed by atoms with Crippen LogP contribution in [0.25, 0.3) is 0 Å². The Hall–Kier alpha value is -0.900. The van der Waals surface area contributed by atoms with Gasteiger partial charge in [-0.1, -0.05) is 17.7 Å². The Morgan fingerprint density at radius 2 is 1.75 bits per heavy atom. The molecule has 0 bridgehead atoms. The van der Waals surface area contributed by atoms with Gasteiger partial charge in [-0.05, 0) is 26.0 Å². The van der Waals surface area contributed by atoms with E-state index in [0.29, 0.717) is 0 Å². The van der Waals surface area contributed by atoms with Gasteiger partial charge in [0.05, 0.1) is 12.5 Å². The molecule has 0 saturated carbocycles. The summed E-state index contributed by atoms with van der Waals surface area (Å²) in [6, 6.07) is 4.44. The Labute approximate surface area is 97.2 Å². The second-order valence-corrected chi connectivity index (χ2v) is 4.35. The first-order chi connectivity index (χ1) is 7.21. The van der Waals surface area contributed by atoms with E-state index in [1.807, 2.05) is 0 Å². The van der Waals surface area contributed by atoms with E-state index in [9.17, 15) is 13.2 Å². The topological polar surface area (TPSA) is 9.23 Å². The zero-order valence-corrected chi connectivity index (χ0v) is 9.91. The van der Waals surface area contributed by atoms with Crippen molar-refractivity contribution in [2.75, 3.05) is 7.11 Å². The fraction of sp³-hybridized carbons (Fsp3) is 0.455. The highest BCUT2D eigenvalue weighted by molar-refractivity contribution is 6.31. The van der Waals surface area contributed by atoms with Gasteiger partial charge in [-0.25, -0.2) is 0 Å². The van der Waals surface area contributed by atoms with Crippen molar-refractivity contribution in [3.63, 3.8) is 0 Å². The van der Waals surface area contributed by atoms with Gasteiger partial charge in [-0.3, -0.25) is 0 Å². The van der Waals surface area contributed by atoms with Crippen LogP contribution in [0, 0.1) is 0 Å². The molecule has 16 heavy (non-hydrogen) atoms. The van der Waals surface area contributed by atoms with Gasteiger partial charge in [0.15, 0.2) is 0 Å². The molecule has 1 rings (SSSR count). The fourth-order valence-corrected chi connectivity index (χ4v) is 1.82. The quantitative estimate of drug-likeness (QED) is 0.767. The molecule has 0 N–H and O–H groups in total. The van der Waals surface area contributed by atoms with Crippen LogP contribution in [0.4, 0.5) is 13.2 Å². The molecule has 0 aromatic heterocycles. The molecule has 1 aromatic rings. The Morgan fingerprint density at radius 3 is 2.19 bits per heavy atom. The molecular formula is C11H12ClF3O. The highest BCUT2D eigenvalue weighted by Gasteiger charge is 2.50. The fourth-order valence-electron chi connectivity index (χ4n) is 1.42. The molecule has 0 atom stereocenters. The summed E-state index contributed by atoms with van der Waals surface area (Å²) in [5, 5.41) is 0.0571. The van der Waals surface area contributed by atoms with Crippen LogP contribution in [0.5, 0.6) is 5.75 Å². The van der Waals surface area contributed by atoms with E-state index in [2.05, 4.69) is 0 Å². The molecule has 0 unspecified atom stereocenters. The van der Waals surface area contributed by atoms with Crippen LogP contribution in [-0.2, 0) is 5.41 Å². The lowest BCUT2D eigenvalue weighted by Crippen LogP contribution is -2.37. The van der Waals surface area contributed by atoms with Crippen LogP contribution in [0.1, 0.15) is 19.4 Å². The normalized spacial score (nSPS) is 12.7. The highest BCUT2D eigenvalue weighted by atomic mass is 35.5. The second-order valence-electron chi connectivity index (χ2n) is 3.94. The molecule has 1 aromatic carbocycles. The third-order valence-electron chi connectivity index (χ3n) is 2.53. The number of hydrogen-bond acceptors (Lipinski definition) is 1. The molecule has 0 aliphatic carbocycles. The largest absolute Gasteiger partial charge is 0.496 e.